The van der Waals surface area contributed by atoms with Crippen LogP contribution in [0, 0.1) is 5.92 Å². The normalized spacial score (nSPS) is 26.3. The van der Waals surface area contributed by atoms with Crippen LogP contribution in [0.5, 0.6) is 0 Å². The second-order valence-corrected chi connectivity index (χ2v) is 7.21. The molecular weight excluding hydrogens is 296 g/mol. The average Bonchev–Trinajstić information content (AvgIpc) is 2.75. The lowest BCUT2D eigenvalue weighted by molar-refractivity contribution is 0.107. The summed E-state index contributed by atoms with van der Waals surface area (Å²) in [7, 11) is 0. The fourth-order valence-electron chi connectivity index (χ4n) is 2.67. The van der Waals surface area contributed by atoms with Crippen molar-refractivity contribution in [3.8, 4) is 0 Å². The zero-order valence-electron chi connectivity index (χ0n) is 10.4. The highest BCUT2D eigenvalue weighted by atomic mass is 79.9. The maximum Gasteiger partial charge on any atom is 0.0701 e. The monoisotopic (exact) mass is 316 g/mol. The molecule has 0 spiro atoms. The minimum atomic E-state index is 0.576. The molecule has 0 amide bonds. The van der Waals surface area contributed by atoms with E-state index in [0.29, 0.717) is 6.04 Å². The molecule has 1 aromatic rings. The van der Waals surface area contributed by atoms with E-state index in [2.05, 4.69) is 39.2 Å². The van der Waals surface area contributed by atoms with Crippen LogP contribution >= 0.6 is 27.3 Å². The van der Waals surface area contributed by atoms with Crippen molar-refractivity contribution >= 4 is 27.3 Å². The number of nitrogens with zero attached hydrogens (tertiary/aromatic N) is 1. The molecule has 2 N–H and O–H groups in total. The molecule has 1 aliphatic rings. The van der Waals surface area contributed by atoms with E-state index in [1.807, 2.05) is 0 Å². The summed E-state index contributed by atoms with van der Waals surface area (Å²) in [6.45, 7) is 5.35. The Kier molecular flexibility index (Phi) is 5.03. The third kappa shape index (κ3) is 3.53. The first-order valence-electron chi connectivity index (χ1n) is 6.40. The Morgan fingerprint density at radius 3 is 3.00 bits per heavy atom. The SMILES string of the molecule is CCC1CCN(Cc2csc(Br)c2)C(CN)C1. The summed E-state index contributed by atoms with van der Waals surface area (Å²) >= 11 is 5.29. The predicted octanol–water partition coefficient (Wildman–Crippen LogP) is 3.46. The van der Waals surface area contributed by atoms with Gasteiger partial charge in [0.2, 0.25) is 0 Å². The molecule has 0 radical (unpaired) electrons. The number of piperidine rings is 1. The first kappa shape index (κ1) is 13.5. The zero-order valence-corrected chi connectivity index (χ0v) is 12.8. The van der Waals surface area contributed by atoms with E-state index in [-0.39, 0.29) is 0 Å². The van der Waals surface area contributed by atoms with Gasteiger partial charge in [0.15, 0.2) is 0 Å². The van der Waals surface area contributed by atoms with Gasteiger partial charge >= 0.3 is 0 Å². The van der Waals surface area contributed by atoms with Crippen molar-refractivity contribution in [1.29, 1.82) is 0 Å². The van der Waals surface area contributed by atoms with Gasteiger partial charge < -0.3 is 5.73 Å². The summed E-state index contributed by atoms with van der Waals surface area (Å²) in [5, 5.41) is 2.24. The first-order valence-corrected chi connectivity index (χ1v) is 8.07. The molecule has 2 rings (SSSR count). The highest BCUT2D eigenvalue weighted by molar-refractivity contribution is 9.11. The van der Waals surface area contributed by atoms with Gasteiger partial charge in [-0.05, 0) is 58.2 Å². The van der Waals surface area contributed by atoms with Crippen LogP contribution in [-0.2, 0) is 6.54 Å². The third-order valence-corrected chi connectivity index (χ3v) is 5.36. The summed E-state index contributed by atoms with van der Waals surface area (Å²) in [6.07, 6.45) is 3.91. The summed E-state index contributed by atoms with van der Waals surface area (Å²) < 4.78 is 1.22. The minimum absolute atomic E-state index is 0.576. The van der Waals surface area contributed by atoms with Gasteiger partial charge in [-0.15, -0.1) is 11.3 Å². The van der Waals surface area contributed by atoms with Crippen molar-refractivity contribution in [1.82, 2.24) is 4.90 Å². The van der Waals surface area contributed by atoms with E-state index in [4.69, 9.17) is 5.73 Å². The summed E-state index contributed by atoms with van der Waals surface area (Å²) in [6, 6.07) is 2.80. The Morgan fingerprint density at radius 2 is 2.41 bits per heavy atom. The van der Waals surface area contributed by atoms with E-state index in [9.17, 15) is 0 Å². The number of halogens is 1. The first-order chi connectivity index (χ1) is 8.22. The van der Waals surface area contributed by atoms with Gasteiger partial charge in [0.1, 0.15) is 0 Å². The Balaban J connectivity index is 1.95. The number of hydrogen-bond donors (Lipinski definition) is 1. The van der Waals surface area contributed by atoms with Crippen LogP contribution in [0.4, 0.5) is 0 Å². The molecule has 1 fully saturated rings. The number of nitrogens with two attached hydrogens (primary N) is 1. The maximum atomic E-state index is 5.92. The van der Waals surface area contributed by atoms with Crippen LogP contribution in [0.25, 0.3) is 0 Å². The molecule has 0 aromatic carbocycles. The van der Waals surface area contributed by atoms with Crippen molar-refractivity contribution in [3.63, 3.8) is 0 Å². The van der Waals surface area contributed by atoms with Gasteiger partial charge in [-0.1, -0.05) is 13.3 Å². The van der Waals surface area contributed by atoms with E-state index >= 15 is 0 Å². The summed E-state index contributed by atoms with van der Waals surface area (Å²) in [4.78, 5) is 2.56. The number of rotatable bonds is 4. The molecule has 17 heavy (non-hydrogen) atoms. The van der Waals surface area contributed by atoms with Crippen LogP contribution in [0.1, 0.15) is 31.7 Å². The third-order valence-electron chi connectivity index (χ3n) is 3.80. The lowest BCUT2D eigenvalue weighted by Crippen LogP contribution is -2.45. The molecule has 0 saturated carbocycles. The van der Waals surface area contributed by atoms with Gasteiger partial charge in [-0.3, -0.25) is 4.90 Å². The molecular formula is C13H21BrN2S. The maximum absolute atomic E-state index is 5.92. The van der Waals surface area contributed by atoms with Gasteiger partial charge in [0.05, 0.1) is 3.79 Å². The molecule has 0 aliphatic carbocycles. The van der Waals surface area contributed by atoms with Gasteiger partial charge in [-0.2, -0.15) is 0 Å². The van der Waals surface area contributed by atoms with Crippen molar-refractivity contribution in [2.45, 2.75) is 38.8 Å². The van der Waals surface area contributed by atoms with E-state index in [1.54, 1.807) is 11.3 Å². The molecule has 2 unspecified atom stereocenters. The van der Waals surface area contributed by atoms with Crippen LogP contribution in [-0.4, -0.2) is 24.0 Å². The Hall–Kier alpha value is 0.1000. The van der Waals surface area contributed by atoms with Crippen LogP contribution in [0.15, 0.2) is 15.2 Å². The molecule has 1 aliphatic heterocycles. The smallest absolute Gasteiger partial charge is 0.0701 e. The lowest BCUT2D eigenvalue weighted by atomic mass is 9.89. The molecule has 2 nitrogen and oxygen atoms in total. The van der Waals surface area contributed by atoms with Crippen molar-refractivity contribution < 1.29 is 0 Å². The van der Waals surface area contributed by atoms with Crippen LogP contribution in [0.2, 0.25) is 0 Å². The molecule has 0 bridgehead atoms. The Labute approximate surface area is 116 Å². The molecule has 4 heteroatoms. The average molecular weight is 317 g/mol. The predicted molar refractivity (Wildman–Crippen MR) is 78.3 cm³/mol. The standard InChI is InChI=1S/C13H21BrN2S/c1-2-10-3-4-16(12(5-10)7-15)8-11-6-13(14)17-9-11/h6,9-10,12H,2-5,7-8,15H2,1H3. The fraction of sp³-hybridized carbons (Fsp3) is 0.692. The topological polar surface area (TPSA) is 29.3 Å². The molecule has 2 heterocycles. The van der Waals surface area contributed by atoms with Crippen LogP contribution in [0.3, 0.4) is 0 Å². The quantitative estimate of drug-likeness (QED) is 0.921. The number of hydrogen-bond acceptors (Lipinski definition) is 3. The van der Waals surface area contributed by atoms with Gasteiger partial charge in [0.25, 0.3) is 0 Å². The van der Waals surface area contributed by atoms with Gasteiger partial charge in [-0.25, -0.2) is 0 Å². The van der Waals surface area contributed by atoms with E-state index in [0.717, 1.165) is 19.0 Å². The van der Waals surface area contributed by atoms with Gasteiger partial charge in [0, 0.05) is 19.1 Å². The van der Waals surface area contributed by atoms with E-state index < -0.39 is 0 Å². The van der Waals surface area contributed by atoms with Crippen molar-refractivity contribution in [3.05, 3.63) is 20.8 Å². The highest BCUT2D eigenvalue weighted by Crippen LogP contribution is 2.28. The molecule has 96 valence electrons. The Bertz CT molecular complexity index is 353. The number of likely N-dealkylation sites (tertiary alicyclic amines) is 1. The Morgan fingerprint density at radius 1 is 1.59 bits per heavy atom. The second-order valence-electron chi connectivity index (χ2n) is 4.92. The minimum Gasteiger partial charge on any atom is -0.329 e. The van der Waals surface area contributed by atoms with Crippen molar-refractivity contribution in [2.75, 3.05) is 13.1 Å². The van der Waals surface area contributed by atoms with Crippen molar-refractivity contribution in [2.24, 2.45) is 11.7 Å². The fourth-order valence-corrected chi connectivity index (χ4v) is 3.87. The largest absolute Gasteiger partial charge is 0.329 e. The molecule has 1 saturated heterocycles. The zero-order chi connectivity index (χ0) is 12.3. The molecule has 1 aromatic heterocycles. The number of thiophene rings is 1. The second kappa shape index (κ2) is 6.32. The summed E-state index contributed by atoms with van der Waals surface area (Å²) in [5.74, 6) is 0.883. The van der Waals surface area contributed by atoms with E-state index in [1.165, 1.54) is 35.2 Å². The summed E-state index contributed by atoms with van der Waals surface area (Å²) in [5.41, 5.74) is 7.33. The highest BCUT2D eigenvalue weighted by Gasteiger charge is 2.26. The lowest BCUT2D eigenvalue weighted by Gasteiger charge is -2.38. The van der Waals surface area contributed by atoms with Crippen LogP contribution < -0.4 is 5.73 Å². The molecule has 2 atom stereocenters.